The van der Waals surface area contributed by atoms with Crippen LogP contribution in [0.2, 0.25) is 0 Å². The SMILES string of the molecule is CC(C)C(Cn1nccn1)NC(=O)CCn1cnc2ccccc2c1=O. The van der Waals surface area contributed by atoms with Gasteiger partial charge in [-0.15, -0.1) is 0 Å². The summed E-state index contributed by atoms with van der Waals surface area (Å²) in [6.45, 7) is 4.86. The topological polar surface area (TPSA) is 94.7 Å². The third-order valence-corrected chi connectivity index (χ3v) is 4.29. The first kappa shape index (κ1) is 17.8. The van der Waals surface area contributed by atoms with E-state index in [2.05, 4.69) is 20.5 Å². The van der Waals surface area contributed by atoms with Gasteiger partial charge < -0.3 is 5.32 Å². The maximum Gasteiger partial charge on any atom is 0.261 e. The molecule has 0 spiro atoms. The third-order valence-electron chi connectivity index (χ3n) is 4.29. The van der Waals surface area contributed by atoms with E-state index in [4.69, 9.17) is 0 Å². The molecule has 26 heavy (non-hydrogen) atoms. The average Bonchev–Trinajstić information content (AvgIpc) is 3.14. The zero-order valence-corrected chi connectivity index (χ0v) is 14.9. The summed E-state index contributed by atoms with van der Waals surface area (Å²) in [6, 6.07) is 7.10. The number of aromatic nitrogens is 5. The van der Waals surface area contributed by atoms with Crippen molar-refractivity contribution in [2.24, 2.45) is 5.92 Å². The maximum absolute atomic E-state index is 12.5. The second-order valence-corrected chi connectivity index (χ2v) is 6.51. The van der Waals surface area contributed by atoms with Crippen LogP contribution in [0.5, 0.6) is 0 Å². The fourth-order valence-electron chi connectivity index (χ4n) is 2.70. The Hall–Kier alpha value is -3.03. The minimum absolute atomic E-state index is 0.0821. The Morgan fingerprint density at radius 1 is 1.19 bits per heavy atom. The summed E-state index contributed by atoms with van der Waals surface area (Å²) >= 11 is 0. The van der Waals surface area contributed by atoms with Gasteiger partial charge in [-0.1, -0.05) is 26.0 Å². The quantitative estimate of drug-likeness (QED) is 0.688. The Balaban J connectivity index is 1.63. The van der Waals surface area contributed by atoms with Gasteiger partial charge in [-0.3, -0.25) is 14.2 Å². The van der Waals surface area contributed by atoms with E-state index >= 15 is 0 Å². The number of rotatable bonds is 7. The number of para-hydroxylation sites is 1. The Kier molecular flexibility index (Phi) is 5.40. The van der Waals surface area contributed by atoms with Crippen molar-refractivity contribution < 1.29 is 4.79 Å². The van der Waals surface area contributed by atoms with Crippen LogP contribution in [0.25, 0.3) is 10.9 Å². The number of fused-ring (bicyclic) bond motifs is 1. The van der Waals surface area contributed by atoms with Gasteiger partial charge in [0.15, 0.2) is 0 Å². The van der Waals surface area contributed by atoms with E-state index in [0.29, 0.717) is 17.4 Å². The molecule has 0 fully saturated rings. The summed E-state index contributed by atoms with van der Waals surface area (Å²) in [6.07, 6.45) is 4.91. The van der Waals surface area contributed by atoms with Crippen molar-refractivity contribution in [2.75, 3.05) is 0 Å². The standard InChI is InChI=1S/C18H22N6O2/c1-13(2)16(11-24-20-8-9-21-24)22-17(25)7-10-23-12-19-15-6-4-3-5-14(15)18(23)26/h3-6,8-9,12-13,16H,7,10-11H2,1-2H3,(H,22,25). The molecule has 1 N–H and O–H groups in total. The van der Waals surface area contributed by atoms with E-state index in [1.165, 1.54) is 10.9 Å². The number of amides is 1. The molecule has 3 aromatic rings. The predicted molar refractivity (Wildman–Crippen MR) is 97.4 cm³/mol. The summed E-state index contributed by atoms with van der Waals surface area (Å²) < 4.78 is 1.47. The van der Waals surface area contributed by atoms with Gasteiger partial charge >= 0.3 is 0 Å². The molecule has 1 amide bonds. The molecular formula is C18H22N6O2. The number of aryl methyl sites for hydroxylation is 1. The summed E-state index contributed by atoms with van der Waals surface area (Å²) in [5.41, 5.74) is 0.523. The van der Waals surface area contributed by atoms with Crippen molar-refractivity contribution in [3.05, 3.63) is 53.3 Å². The van der Waals surface area contributed by atoms with Crippen LogP contribution in [0.4, 0.5) is 0 Å². The maximum atomic E-state index is 12.5. The van der Waals surface area contributed by atoms with E-state index < -0.39 is 0 Å². The van der Waals surface area contributed by atoms with Crippen LogP contribution in [-0.4, -0.2) is 36.5 Å². The smallest absolute Gasteiger partial charge is 0.261 e. The van der Waals surface area contributed by atoms with Gasteiger partial charge in [0, 0.05) is 13.0 Å². The number of hydrogen-bond donors (Lipinski definition) is 1. The minimum Gasteiger partial charge on any atom is -0.351 e. The van der Waals surface area contributed by atoms with Crippen molar-refractivity contribution >= 4 is 16.8 Å². The zero-order valence-electron chi connectivity index (χ0n) is 14.9. The lowest BCUT2D eigenvalue weighted by Gasteiger charge is -2.22. The monoisotopic (exact) mass is 354 g/mol. The fraction of sp³-hybridized carbons (Fsp3) is 0.389. The van der Waals surface area contributed by atoms with Crippen LogP contribution >= 0.6 is 0 Å². The van der Waals surface area contributed by atoms with Gasteiger partial charge in [0.2, 0.25) is 5.91 Å². The molecule has 0 aliphatic rings. The van der Waals surface area contributed by atoms with Gasteiger partial charge in [-0.05, 0) is 18.1 Å². The number of hydrogen-bond acceptors (Lipinski definition) is 5. The van der Waals surface area contributed by atoms with Crippen LogP contribution in [0, 0.1) is 5.92 Å². The second kappa shape index (κ2) is 7.90. The predicted octanol–water partition coefficient (Wildman–Crippen LogP) is 1.22. The Bertz CT molecular complexity index is 932. The summed E-state index contributed by atoms with van der Waals surface area (Å²) in [4.78, 5) is 30.6. The third kappa shape index (κ3) is 4.14. The molecule has 136 valence electrons. The first-order valence-electron chi connectivity index (χ1n) is 8.62. The van der Waals surface area contributed by atoms with E-state index in [0.717, 1.165) is 0 Å². The molecule has 0 saturated heterocycles. The first-order chi connectivity index (χ1) is 12.5. The highest BCUT2D eigenvalue weighted by Crippen LogP contribution is 2.06. The molecule has 0 aliphatic heterocycles. The first-order valence-corrected chi connectivity index (χ1v) is 8.62. The molecule has 0 bridgehead atoms. The van der Waals surface area contributed by atoms with E-state index in [-0.39, 0.29) is 36.4 Å². The zero-order chi connectivity index (χ0) is 18.5. The second-order valence-electron chi connectivity index (χ2n) is 6.51. The number of benzene rings is 1. The lowest BCUT2D eigenvalue weighted by Crippen LogP contribution is -2.42. The van der Waals surface area contributed by atoms with Crippen molar-refractivity contribution in [3.63, 3.8) is 0 Å². The Labute approximate surface area is 150 Å². The highest BCUT2D eigenvalue weighted by atomic mass is 16.2. The molecule has 0 saturated carbocycles. The van der Waals surface area contributed by atoms with Gasteiger partial charge in [0.25, 0.3) is 5.56 Å². The van der Waals surface area contributed by atoms with E-state index in [1.807, 2.05) is 19.9 Å². The molecule has 3 rings (SSSR count). The molecule has 2 aromatic heterocycles. The van der Waals surface area contributed by atoms with Crippen molar-refractivity contribution in [1.82, 2.24) is 29.9 Å². The van der Waals surface area contributed by atoms with Crippen molar-refractivity contribution in [3.8, 4) is 0 Å². The number of carbonyl (C=O) groups is 1. The number of nitrogens with one attached hydrogen (secondary N) is 1. The molecular weight excluding hydrogens is 332 g/mol. The molecule has 0 aliphatic carbocycles. The number of nitrogens with zero attached hydrogens (tertiary/aromatic N) is 5. The summed E-state index contributed by atoms with van der Waals surface area (Å²) in [7, 11) is 0. The van der Waals surface area contributed by atoms with Crippen LogP contribution in [0.15, 0.2) is 47.8 Å². The van der Waals surface area contributed by atoms with Gasteiger partial charge in [-0.2, -0.15) is 15.0 Å². The Morgan fingerprint density at radius 3 is 2.65 bits per heavy atom. The average molecular weight is 354 g/mol. The molecule has 1 atom stereocenters. The molecule has 8 nitrogen and oxygen atoms in total. The van der Waals surface area contributed by atoms with Crippen LogP contribution in [0.3, 0.4) is 0 Å². The molecule has 2 heterocycles. The lowest BCUT2D eigenvalue weighted by atomic mass is 10.0. The van der Waals surface area contributed by atoms with E-state index in [9.17, 15) is 9.59 Å². The normalized spacial score (nSPS) is 12.4. The Morgan fingerprint density at radius 2 is 1.92 bits per heavy atom. The summed E-state index contributed by atoms with van der Waals surface area (Å²) in [5, 5.41) is 11.7. The molecule has 1 aromatic carbocycles. The summed E-state index contributed by atoms with van der Waals surface area (Å²) in [5.74, 6) is 0.117. The van der Waals surface area contributed by atoms with Gasteiger partial charge in [-0.25, -0.2) is 4.98 Å². The van der Waals surface area contributed by atoms with E-state index in [1.54, 1.807) is 35.4 Å². The number of carbonyl (C=O) groups excluding carboxylic acids is 1. The van der Waals surface area contributed by atoms with Gasteiger partial charge in [0.1, 0.15) is 0 Å². The van der Waals surface area contributed by atoms with Crippen LogP contribution < -0.4 is 10.9 Å². The van der Waals surface area contributed by atoms with Crippen LogP contribution in [-0.2, 0) is 17.9 Å². The highest BCUT2D eigenvalue weighted by molar-refractivity contribution is 5.77. The van der Waals surface area contributed by atoms with Crippen molar-refractivity contribution in [1.29, 1.82) is 0 Å². The fourth-order valence-corrected chi connectivity index (χ4v) is 2.70. The molecule has 1 unspecified atom stereocenters. The van der Waals surface area contributed by atoms with Gasteiger partial charge in [0.05, 0.1) is 42.2 Å². The molecule has 0 radical (unpaired) electrons. The van der Waals surface area contributed by atoms with Crippen molar-refractivity contribution in [2.45, 2.75) is 39.4 Å². The highest BCUT2D eigenvalue weighted by Gasteiger charge is 2.17. The molecule has 8 heteroatoms. The lowest BCUT2D eigenvalue weighted by molar-refractivity contribution is -0.122. The largest absolute Gasteiger partial charge is 0.351 e. The van der Waals surface area contributed by atoms with Crippen LogP contribution in [0.1, 0.15) is 20.3 Å². The minimum atomic E-state index is -0.135.